The van der Waals surface area contributed by atoms with Crippen molar-refractivity contribution in [2.75, 3.05) is 13.2 Å². The van der Waals surface area contributed by atoms with Gasteiger partial charge in [-0.15, -0.1) is 0 Å². The number of unbranched alkanes of at least 4 members (excludes halogenated alkanes) is 2. The van der Waals surface area contributed by atoms with Gasteiger partial charge in [0.05, 0.1) is 17.9 Å². The highest BCUT2D eigenvalue weighted by Crippen LogP contribution is 2.58. The molecule has 3 saturated heterocycles. The molecule has 3 N–H and O–H groups in total. The van der Waals surface area contributed by atoms with Crippen LogP contribution in [0.1, 0.15) is 58.4 Å². The molecule has 3 amide bonds. The largest absolute Gasteiger partial charge is 0.396 e. The van der Waals surface area contributed by atoms with Gasteiger partial charge in [-0.1, -0.05) is 30.3 Å². The van der Waals surface area contributed by atoms with Crippen LogP contribution in [0.4, 0.5) is 0 Å². The second-order valence-electron chi connectivity index (χ2n) is 10.8. The lowest BCUT2D eigenvalue weighted by Gasteiger charge is -2.35. The van der Waals surface area contributed by atoms with E-state index in [0.29, 0.717) is 38.8 Å². The number of carbonyl (C=O) groups is 3. The Bertz CT molecular complexity index is 915. The van der Waals surface area contributed by atoms with Gasteiger partial charge in [-0.05, 0) is 58.4 Å². The molecule has 3 heterocycles. The minimum atomic E-state index is -0.969. The van der Waals surface area contributed by atoms with Gasteiger partial charge in [-0.25, -0.2) is 0 Å². The average molecular weight is 472 g/mol. The van der Waals surface area contributed by atoms with E-state index in [9.17, 15) is 14.4 Å². The van der Waals surface area contributed by atoms with Crippen molar-refractivity contribution in [2.24, 2.45) is 11.8 Å². The zero-order valence-corrected chi connectivity index (χ0v) is 20.4. The molecule has 5 atom stereocenters. The fraction of sp³-hybridized carbons (Fsp3) is 0.654. The normalized spacial score (nSPS) is 29.9. The highest BCUT2D eigenvalue weighted by Gasteiger charge is 2.74. The first-order valence-electron chi connectivity index (χ1n) is 12.4. The number of benzene rings is 1. The summed E-state index contributed by atoms with van der Waals surface area (Å²) in [5.74, 6) is -1.84. The highest BCUT2D eigenvalue weighted by atomic mass is 16.5. The number of hydrogen-bond acceptors (Lipinski definition) is 5. The molecule has 2 bridgehead atoms. The number of aliphatic hydroxyl groups excluding tert-OH is 1. The third-order valence-electron chi connectivity index (χ3n) is 7.22. The summed E-state index contributed by atoms with van der Waals surface area (Å²) >= 11 is 0. The van der Waals surface area contributed by atoms with Crippen LogP contribution in [0.2, 0.25) is 0 Å². The lowest BCUT2D eigenvalue weighted by Crippen LogP contribution is -2.58. The molecule has 3 aliphatic rings. The van der Waals surface area contributed by atoms with E-state index in [0.717, 1.165) is 12.0 Å². The molecule has 1 spiro atoms. The summed E-state index contributed by atoms with van der Waals surface area (Å²) in [5, 5.41) is 15.1. The van der Waals surface area contributed by atoms with Crippen LogP contribution in [0.3, 0.4) is 0 Å². The van der Waals surface area contributed by atoms with Gasteiger partial charge < -0.3 is 25.4 Å². The molecule has 1 aromatic rings. The Morgan fingerprint density at radius 1 is 1.15 bits per heavy atom. The van der Waals surface area contributed by atoms with Crippen LogP contribution in [-0.4, -0.2) is 64.2 Å². The van der Waals surface area contributed by atoms with E-state index in [1.807, 2.05) is 51.1 Å². The van der Waals surface area contributed by atoms with E-state index >= 15 is 0 Å². The van der Waals surface area contributed by atoms with Gasteiger partial charge in [-0.3, -0.25) is 14.4 Å². The standard InChI is InChI=1S/C26H37N3O5/c1-25(2,3)28-23(32)21-26-13-12-18(34-26)19(22(31)27-16-17-10-6-4-7-11-17)20(26)24(33)29(21)14-8-5-9-15-30/h4,6-7,10-11,18-21,30H,5,8-9,12-16H2,1-3H3,(H,27,31)(H,28,32)/t18-,19+,20-,21?,26?/m0/s1. The minimum absolute atomic E-state index is 0.100. The molecule has 0 saturated carbocycles. The van der Waals surface area contributed by atoms with Gasteiger partial charge in [0.2, 0.25) is 17.7 Å². The third kappa shape index (κ3) is 4.58. The number of likely N-dealkylation sites (tertiary alicyclic amines) is 1. The van der Waals surface area contributed by atoms with Crippen LogP contribution < -0.4 is 10.6 Å². The molecule has 3 fully saturated rings. The molecular weight excluding hydrogens is 434 g/mol. The van der Waals surface area contributed by atoms with Crippen LogP contribution in [0.15, 0.2) is 30.3 Å². The van der Waals surface area contributed by atoms with Crippen molar-refractivity contribution >= 4 is 17.7 Å². The molecular formula is C26H37N3O5. The van der Waals surface area contributed by atoms with Crippen molar-refractivity contribution in [3.8, 4) is 0 Å². The molecule has 3 aliphatic heterocycles. The first-order chi connectivity index (χ1) is 16.2. The Labute approximate surface area is 201 Å². The molecule has 0 aromatic heterocycles. The summed E-state index contributed by atoms with van der Waals surface area (Å²) in [7, 11) is 0. The average Bonchev–Trinajstić information content (AvgIpc) is 3.42. The number of ether oxygens (including phenoxy) is 1. The monoisotopic (exact) mass is 471 g/mol. The van der Waals surface area contributed by atoms with Crippen molar-refractivity contribution in [3.63, 3.8) is 0 Å². The third-order valence-corrected chi connectivity index (χ3v) is 7.22. The minimum Gasteiger partial charge on any atom is -0.396 e. The number of rotatable bonds is 9. The van der Waals surface area contributed by atoms with Crippen LogP contribution in [0, 0.1) is 11.8 Å². The van der Waals surface area contributed by atoms with E-state index in [2.05, 4.69) is 10.6 Å². The summed E-state index contributed by atoms with van der Waals surface area (Å²) in [6, 6.07) is 8.90. The lowest BCUT2D eigenvalue weighted by molar-refractivity contribution is -0.142. The molecule has 186 valence electrons. The Morgan fingerprint density at radius 3 is 2.56 bits per heavy atom. The Balaban J connectivity index is 1.57. The Morgan fingerprint density at radius 2 is 1.88 bits per heavy atom. The quantitative estimate of drug-likeness (QED) is 0.476. The summed E-state index contributed by atoms with van der Waals surface area (Å²) in [6.45, 7) is 6.63. The SMILES string of the molecule is CC(C)(C)NC(=O)C1N(CCCCCO)C(=O)[C@@H]2[C@H](C(=O)NCc3ccccc3)[C@@H]3CCC12O3. The second-order valence-corrected chi connectivity index (χ2v) is 10.8. The zero-order chi connectivity index (χ0) is 24.5. The molecule has 0 aliphatic carbocycles. The maximum Gasteiger partial charge on any atom is 0.246 e. The van der Waals surface area contributed by atoms with Gasteiger partial charge >= 0.3 is 0 Å². The van der Waals surface area contributed by atoms with Crippen molar-refractivity contribution in [2.45, 2.75) is 82.7 Å². The molecule has 0 radical (unpaired) electrons. The molecule has 8 nitrogen and oxygen atoms in total. The van der Waals surface area contributed by atoms with E-state index < -0.39 is 29.0 Å². The summed E-state index contributed by atoms with van der Waals surface area (Å²) < 4.78 is 6.42. The van der Waals surface area contributed by atoms with Crippen LogP contribution in [0.5, 0.6) is 0 Å². The second kappa shape index (κ2) is 9.66. The topological polar surface area (TPSA) is 108 Å². The van der Waals surface area contributed by atoms with E-state index in [1.54, 1.807) is 4.90 Å². The molecule has 34 heavy (non-hydrogen) atoms. The number of amides is 3. The van der Waals surface area contributed by atoms with Gasteiger partial charge in [-0.2, -0.15) is 0 Å². The maximum atomic E-state index is 13.7. The molecule has 1 aromatic carbocycles. The number of hydrogen-bond donors (Lipinski definition) is 3. The number of nitrogens with one attached hydrogen (secondary N) is 2. The van der Waals surface area contributed by atoms with Gasteiger partial charge in [0.1, 0.15) is 11.6 Å². The predicted molar refractivity (Wildman–Crippen MR) is 126 cm³/mol. The van der Waals surface area contributed by atoms with Crippen LogP contribution in [0.25, 0.3) is 0 Å². The number of aliphatic hydroxyl groups is 1. The van der Waals surface area contributed by atoms with E-state index in [1.165, 1.54) is 0 Å². The van der Waals surface area contributed by atoms with Gasteiger partial charge in [0.25, 0.3) is 0 Å². The Kier molecular flexibility index (Phi) is 7.01. The van der Waals surface area contributed by atoms with Crippen LogP contribution in [-0.2, 0) is 25.7 Å². The highest BCUT2D eigenvalue weighted by molar-refractivity contribution is 5.99. The zero-order valence-electron chi connectivity index (χ0n) is 20.4. The summed E-state index contributed by atoms with van der Waals surface area (Å²) in [6.07, 6.45) is 2.99. The van der Waals surface area contributed by atoms with Crippen molar-refractivity contribution in [3.05, 3.63) is 35.9 Å². The first-order valence-corrected chi connectivity index (χ1v) is 12.4. The lowest BCUT2D eigenvalue weighted by atomic mass is 9.70. The molecule has 4 rings (SSSR count). The van der Waals surface area contributed by atoms with Crippen molar-refractivity contribution < 1.29 is 24.2 Å². The fourth-order valence-electron chi connectivity index (χ4n) is 5.91. The number of carbonyl (C=O) groups excluding carboxylic acids is 3. The maximum absolute atomic E-state index is 13.7. The summed E-state index contributed by atoms with van der Waals surface area (Å²) in [4.78, 5) is 42.2. The van der Waals surface area contributed by atoms with Crippen LogP contribution >= 0.6 is 0 Å². The summed E-state index contributed by atoms with van der Waals surface area (Å²) in [5.41, 5.74) is -0.441. The number of fused-ring (bicyclic) bond motifs is 1. The first kappa shape index (κ1) is 24.7. The van der Waals surface area contributed by atoms with E-state index in [-0.39, 0.29) is 30.4 Å². The van der Waals surface area contributed by atoms with E-state index in [4.69, 9.17) is 9.84 Å². The smallest absolute Gasteiger partial charge is 0.246 e. The van der Waals surface area contributed by atoms with Gasteiger partial charge in [0.15, 0.2) is 0 Å². The fourth-order valence-corrected chi connectivity index (χ4v) is 5.91. The molecule has 8 heteroatoms. The Hall–Kier alpha value is -2.45. The van der Waals surface area contributed by atoms with Crippen molar-refractivity contribution in [1.29, 1.82) is 0 Å². The number of nitrogens with zero attached hydrogens (tertiary/aromatic N) is 1. The van der Waals surface area contributed by atoms with Crippen molar-refractivity contribution in [1.82, 2.24) is 15.5 Å². The molecule has 2 unspecified atom stereocenters. The van der Waals surface area contributed by atoms with Gasteiger partial charge in [0, 0.05) is 25.2 Å². The predicted octanol–water partition coefficient (Wildman–Crippen LogP) is 1.75.